The van der Waals surface area contributed by atoms with Crippen LogP contribution in [0.15, 0.2) is 40.9 Å². The summed E-state index contributed by atoms with van der Waals surface area (Å²) in [4.78, 5) is 0. The van der Waals surface area contributed by atoms with Gasteiger partial charge in [-0.25, -0.2) is 0 Å². The first-order chi connectivity index (χ1) is 9.95. The van der Waals surface area contributed by atoms with E-state index in [1.54, 1.807) is 0 Å². The number of hydrogen-bond donors (Lipinski definition) is 1. The second kappa shape index (κ2) is 7.30. The molecule has 0 bridgehead atoms. The van der Waals surface area contributed by atoms with Crippen LogP contribution in [0.2, 0.25) is 5.02 Å². The first-order valence-electron chi connectivity index (χ1n) is 6.91. The Hall–Kier alpha value is -1.03. The summed E-state index contributed by atoms with van der Waals surface area (Å²) in [5.74, 6) is 1.43. The summed E-state index contributed by atoms with van der Waals surface area (Å²) >= 11 is 9.78. The van der Waals surface area contributed by atoms with Crippen LogP contribution in [0.1, 0.15) is 25.0 Å². The molecule has 2 rings (SSSR count). The smallest absolute Gasteiger partial charge is 0.146 e. The summed E-state index contributed by atoms with van der Waals surface area (Å²) in [5.41, 5.74) is 2.31. The maximum Gasteiger partial charge on any atom is 0.146 e. The van der Waals surface area contributed by atoms with Crippen LogP contribution in [0.3, 0.4) is 0 Å². The summed E-state index contributed by atoms with van der Waals surface area (Å²) < 4.78 is 6.87. The molecule has 2 aromatic rings. The van der Waals surface area contributed by atoms with E-state index in [0.29, 0.717) is 16.8 Å². The van der Waals surface area contributed by atoms with Crippen LogP contribution in [-0.2, 0) is 6.54 Å². The number of halogens is 2. The Labute approximate surface area is 139 Å². The van der Waals surface area contributed by atoms with E-state index in [2.05, 4.69) is 41.2 Å². The Bertz CT molecular complexity index is 628. The molecule has 0 aliphatic heterocycles. The molecule has 112 valence electrons. The van der Waals surface area contributed by atoms with Crippen molar-refractivity contribution in [2.75, 3.05) is 0 Å². The molecule has 0 unspecified atom stereocenters. The van der Waals surface area contributed by atoms with Crippen molar-refractivity contribution in [3.05, 3.63) is 57.0 Å². The monoisotopic (exact) mass is 367 g/mol. The topological polar surface area (TPSA) is 21.3 Å². The molecule has 2 aromatic carbocycles. The van der Waals surface area contributed by atoms with Gasteiger partial charge in [0, 0.05) is 17.1 Å². The first kappa shape index (κ1) is 16.3. The highest BCUT2D eigenvalue weighted by Crippen LogP contribution is 2.32. The molecule has 0 aliphatic carbocycles. The van der Waals surface area contributed by atoms with Crippen molar-refractivity contribution < 1.29 is 4.74 Å². The lowest BCUT2D eigenvalue weighted by Gasteiger charge is -2.12. The van der Waals surface area contributed by atoms with Gasteiger partial charge < -0.3 is 10.1 Å². The summed E-state index contributed by atoms with van der Waals surface area (Å²) in [6, 6.07) is 12.2. The zero-order valence-corrected chi connectivity index (χ0v) is 14.8. The minimum atomic E-state index is 0.458. The van der Waals surface area contributed by atoms with Gasteiger partial charge >= 0.3 is 0 Å². The third kappa shape index (κ3) is 4.73. The van der Waals surface area contributed by atoms with E-state index in [9.17, 15) is 0 Å². The zero-order valence-electron chi connectivity index (χ0n) is 12.4. The SMILES string of the molecule is Cc1ccc(Oc2ccc(CNC(C)C)c(Br)c2)c(Cl)c1. The van der Waals surface area contributed by atoms with Crippen molar-refractivity contribution in [1.82, 2.24) is 5.32 Å². The minimum Gasteiger partial charge on any atom is -0.456 e. The number of ether oxygens (including phenoxy) is 1. The van der Waals surface area contributed by atoms with Gasteiger partial charge in [0.1, 0.15) is 11.5 Å². The van der Waals surface area contributed by atoms with Gasteiger partial charge in [-0.1, -0.05) is 53.5 Å². The van der Waals surface area contributed by atoms with Gasteiger partial charge in [-0.05, 0) is 42.3 Å². The second-order valence-electron chi connectivity index (χ2n) is 5.32. The van der Waals surface area contributed by atoms with Gasteiger partial charge in [0.05, 0.1) is 5.02 Å². The van der Waals surface area contributed by atoms with Crippen molar-refractivity contribution in [2.24, 2.45) is 0 Å². The van der Waals surface area contributed by atoms with Gasteiger partial charge in [-0.3, -0.25) is 0 Å². The van der Waals surface area contributed by atoms with Crippen LogP contribution >= 0.6 is 27.5 Å². The Kier molecular flexibility index (Phi) is 5.68. The highest BCUT2D eigenvalue weighted by atomic mass is 79.9. The molecule has 4 heteroatoms. The number of aryl methyl sites for hydroxylation is 1. The van der Waals surface area contributed by atoms with Crippen molar-refractivity contribution in [1.29, 1.82) is 0 Å². The van der Waals surface area contributed by atoms with E-state index < -0.39 is 0 Å². The summed E-state index contributed by atoms with van der Waals surface area (Å²) in [6.07, 6.45) is 0. The lowest BCUT2D eigenvalue weighted by molar-refractivity contribution is 0.482. The number of hydrogen-bond acceptors (Lipinski definition) is 2. The molecule has 0 spiro atoms. The number of benzene rings is 2. The molecule has 0 radical (unpaired) electrons. The van der Waals surface area contributed by atoms with Crippen LogP contribution in [0.4, 0.5) is 0 Å². The molecule has 0 amide bonds. The quantitative estimate of drug-likeness (QED) is 0.730. The van der Waals surface area contributed by atoms with Gasteiger partial charge in [-0.15, -0.1) is 0 Å². The van der Waals surface area contributed by atoms with Crippen molar-refractivity contribution in [3.63, 3.8) is 0 Å². The normalized spacial score (nSPS) is 11.0. The van der Waals surface area contributed by atoms with E-state index in [1.807, 2.05) is 37.3 Å². The Morgan fingerprint density at radius 3 is 2.57 bits per heavy atom. The van der Waals surface area contributed by atoms with Crippen LogP contribution in [0.5, 0.6) is 11.5 Å². The van der Waals surface area contributed by atoms with Crippen LogP contribution in [0.25, 0.3) is 0 Å². The van der Waals surface area contributed by atoms with Crippen molar-refractivity contribution in [3.8, 4) is 11.5 Å². The lowest BCUT2D eigenvalue weighted by atomic mass is 10.2. The highest BCUT2D eigenvalue weighted by molar-refractivity contribution is 9.10. The fourth-order valence-electron chi connectivity index (χ4n) is 1.86. The van der Waals surface area contributed by atoms with E-state index >= 15 is 0 Å². The molecule has 0 saturated carbocycles. The van der Waals surface area contributed by atoms with Crippen LogP contribution < -0.4 is 10.1 Å². The standard InChI is InChI=1S/C17H19BrClNO/c1-11(2)20-10-13-5-6-14(9-15(13)18)21-17-7-4-12(3)8-16(17)19/h4-9,11,20H,10H2,1-3H3. The molecule has 0 aliphatic rings. The Morgan fingerprint density at radius 1 is 1.19 bits per heavy atom. The maximum absolute atomic E-state index is 6.19. The largest absolute Gasteiger partial charge is 0.456 e. The van der Waals surface area contributed by atoms with E-state index in [0.717, 1.165) is 22.3 Å². The molecule has 0 heterocycles. The Balaban J connectivity index is 2.12. The fraction of sp³-hybridized carbons (Fsp3) is 0.294. The predicted molar refractivity (Wildman–Crippen MR) is 92.4 cm³/mol. The Morgan fingerprint density at radius 2 is 1.95 bits per heavy atom. The zero-order chi connectivity index (χ0) is 15.4. The van der Waals surface area contributed by atoms with Crippen LogP contribution in [0, 0.1) is 6.92 Å². The van der Waals surface area contributed by atoms with Crippen LogP contribution in [-0.4, -0.2) is 6.04 Å². The summed E-state index contributed by atoms with van der Waals surface area (Å²) in [7, 11) is 0. The van der Waals surface area contributed by atoms with Gasteiger partial charge in [0.15, 0.2) is 0 Å². The molecule has 2 nitrogen and oxygen atoms in total. The minimum absolute atomic E-state index is 0.458. The third-order valence-electron chi connectivity index (χ3n) is 3.04. The van der Waals surface area contributed by atoms with Gasteiger partial charge in [0.2, 0.25) is 0 Å². The van der Waals surface area contributed by atoms with E-state index in [-0.39, 0.29) is 0 Å². The van der Waals surface area contributed by atoms with Crippen molar-refractivity contribution in [2.45, 2.75) is 33.4 Å². The van der Waals surface area contributed by atoms with E-state index in [1.165, 1.54) is 5.56 Å². The summed E-state index contributed by atoms with van der Waals surface area (Å²) in [6.45, 7) is 7.09. The first-order valence-corrected chi connectivity index (χ1v) is 8.08. The molecule has 21 heavy (non-hydrogen) atoms. The van der Waals surface area contributed by atoms with Gasteiger partial charge in [-0.2, -0.15) is 0 Å². The molecule has 0 saturated heterocycles. The molecule has 0 fully saturated rings. The number of nitrogens with one attached hydrogen (secondary N) is 1. The third-order valence-corrected chi connectivity index (χ3v) is 4.07. The molecular weight excluding hydrogens is 350 g/mol. The second-order valence-corrected chi connectivity index (χ2v) is 6.59. The highest BCUT2D eigenvalue weighted by Gasteiger charge is 2.06. The average Bonchev–Trinajstić information content (AvgIpc) is 2.41. The maximum atomic E-state index is 6.19. The average molecular weight is 369 g/mol. The van der Waals surface area contributed by atoms with Crippen molar-refractivity contribution >= 4 is 27.5 Å². The van der Waals surface area contributed by atoms with E-state index in [4.69, 9.17) is 16.3 Å². The lowest BCUT2D eigenvalue weighted by Crippen LogP contribution is -2.21. The predicted octanol–water partition coefficient (Wildman–Crippen LogP) is 5.70. The molecular formula is C17H19BrClNO. The molecule has 0 aromatic heterocycles. The number of rotatable bonds is 5. The van der Waals surface area contributed by atoms with Gasteiger partial charge in [0.25, 0.3) is 0 Å². The fourth-order valence-corrected chi connectivity index (χ4v) is 2.64. The summed E-state index contributed by atoms with van der Waals surface area (Å²) in [5, 5.41) is 4.02. The molecule has 1 N–H and O–H groups in total. The molecule has 0 atom stereocenters.